The number of epoxide rings is 1. The lowest BCUT2D eigenvalue weighted by Gasteiger charge is -2.63. The molecule has 0 N–H and O–H groups in total. The highest BCUT2D eigenvalue weighted by Crippen LogP contribution is 2.78. The van der Waals surface area contributed by atoms with Crippen LogP contribution >= 0.6 is 0 Å². The highest BCUT2D eigenvalue weighted by atomic mass is 16.6. The van der Waals surface area contributed by atoms with Crippen LogP contribution in [-0.2, 0) is 14.3 Å². The molecule has 0 aromatic carbocycles. The van der Waals surface area contributed by atoms with Crippen LogP contribution < -0.4 is 0 Å². The molecule has 0 unspecified atom stereocenters. The Kier molecular flexibility index (Phi) is 2.87. The average molecular weight is 332 g/mol. The number of methoxy groups -OCH3 is 1. The highest BCUT2D eigenvalue weighted by molar-refractivity contribution is 5.77. The first-order valence-electron chi connectivity index (χ1n) is 10.1. The van der Waals surface area contributed by atoms with E-state index in [1.165, 1.54) is 38.5 Å². The summed E-state index contributed by atoms with van der Waals surface area (Å²) in [4.78, 5) is 12.7. The summed E-state index contributed by atoms with van der Waals surface area (Å²) in [5, 5.41) is 0. The van der Waals surface area contributed by atoms with Crippen molar-refractivity contribution in [2.24, 2.45) is 34.0 Å². The summed E-state index contributed by atoms with van der Waals surface area (Å²) < 4.78 is 11.6. The van der Waals surface area contributed by atoms with E-state index in [9.17, 15) is 4.79 Å². The summed E-state index contributed by atoms with van der Waals surface area (Å²) in [6.07, 6.45) is 10.5. The SMILES string of the molecule is COC(=O)[C@]1(C)CCC[C@@]2(C)[C@@H]3CC[C@@H]4C[C@@]3(CC[C@@H]21)[C@H]1O[C@@]41C. The van der Waals surface area contributed by atoms with Crippen LogP contribution in [0.2, 0.25) is 0 Å². The van der Waals surface area contributed by atoms with Crippen LogP contribution in [-0.4, -0.2) is 24.8 Å². The molecular formula is C21H32O3. The van der Waals surface area contributed by atoms with Gasteiger partial charge in [0, 0.05) is 5.41 Å². The second-order valence-corrected chi connectivity index (χ2v) is 10.3. The van der Waals surface area contributed by atoms with Crippen LogP contribution in [0.25, 0.3) is 0 Å². The van der Waals surface area contributed by atoms with Crippen LogP contribution in [0.5, 0.6) is 0 Å². The number of hydrogen-bond acceptors (Lipinski definition) is 3. The molecule has 4 saturated carbocycles. The summed E-state index contributed by atoms with van der Waals surface area (Å²) in [5.74, 6) is 2.03. The molecule has 1 heterocycles. The van der Waals surface area contributed by atoms with E-state index in [0.29, 0.717) is 17.4 Å². The van der Waals surface area contributed by atoms with Crippen molar-refractivity contribution in [3.05, 3.63) is 0 Å². The molecule has 134 valence electrons. The quantitative estimate of drug-likeness (QED) is 0.529. The fraction of sp³-hybridized carbons (Fsp3) is 0.952. The highest BCUT2D eigenvalue weighted by Gasteiger charge is 2.79. The van der Waals surface area contributed by atoms with E-state index in [0.717, 1.165) is 24.7 Å². The van der Waals surface area contributed by atoms with Gasteiger partial charge in [-0.1, -0.05) is 13.3 Å². The number of carbonyl (C=O) groups is 1. The van der Waals surface area contributed by atoms with Crippen LogP contribution in [0, 0.1) is 34.0 Å². The Bertz CT molecular complexity index is 602. The van der Waals surface area contributed by atoms with Gasteiger partial charge in [0.2, 0.25) is 0 Å². The zero-order chi connectivity index (χ0) is 17.0. The Labute approximate surface area is 145 Å². The van der Waals surface area contributed by atoms with Gasteiger partial charge in [0.25, 0.3) is 0 Å². The molecule has 8 atom stereocenters. The molecule has 0 aromatic rings. The Morgan fingerprint density at radius 3 is 2.58 bits per heavy atom. The third-order valence-electron chi connectivity index (χ3n) is 9.62. The van der Waals surface area contributed by atoms with Gasteiger partial charge in [0.15, 0.2) is 0 Å². The maximum atomic E-state index is 12.7. The van der Waals surface area contributed by atoms with E-state index in [1.54, 1.807) is 7.11 Å². The van der Waals surface area contributed by atoms with Crippen LogP contribution in [0.1, 0.15) is 72.1 Å². The Morgan fingerprint density at radius 2 is 1.83 bits per heavy atom. The first kappa shape index (κ1) is 15.7. The summed E-state index contributed by atoms with van der Waals surface area (Å²) >= 11 is 0. The predicted octanol–water partition coefficient (Wildman–Crippen LogP) is 4.34. The lowest BCUT2D eigenvalue weighted by Crippen LogP contribution is -2.59. The van der Waals surface area contributed by atoms with E-state index in [2.05, 4.69) is 20.8 Å². The number of ether oxygens (including phenoxy) is 2. The number of carbonyl (C=O) groups excluding carboxylic acids is 1. The van der Waals surface area contributed by atoms with Crippen LogP contribution in [0.15, 0.2) is 0 Å². The smallest absolute Gasteiger partial charge is 0.311 e. The topological polar surface area (TPSA) is 38.8 Å². The third kappa shape index (κ3) is 1.53. The fourth-order valence-corrected chi connectivity index (χ4v) is 8.62. The minimum absolute atomic E-state index is 0.0296. The molecule has 0 amide bonds. The van der Waals surface area contributed by atoms with Crippen molar-refractivity contribution in [3.8, 4) is 0 Å². The Hall–Kier alpha value is -0.570. The van der Waals surface area contributed by atoms with Gasteiger partial charge >= 0.3 is 5.97 Å². The molecule has 3 nitrogen and oxygen atoms in total. The predicted molar refractivity (Wildman–Crippen MR) is 91.3 cm³/mol. The van der Waals surface area contributed by atoms with E-state index in [1.807, 2.05) is 0 Å². The summed E-state index contributed by atoms with van der Waals surface area (Å²) in [6, 6.07) is 0. The van der Waals surface area contributed by atoms with E-state index >= 15 is 0 Å². The Morgan fingerprint density at radius 1 is 1.04 bits per heavy atom. The van der Waals surface area contributed by atoms with Gasteiger partial charge in [-0.15, -0.1) is 0 Å². The molecular weight excluding hydrogens is 300 g/mol. The molecule has 5 rings (SSSR count). The zero-order valence-corrected chi connectivity index (χ0v) is 15.7. The molecule has 4 aliphatic carbocycles. The van der Waals surface area contributed by atoms with Gasteiger partial charge in [-0.25, -0.2) is 0 Å². The molecule has 1 saturated heterocycles. The first-order chi connectivity index (χ1) is 11.3. The number of fused-ring (bicyclic) bond motifs is 5. The summed E-state index contributed by atoms with van der Waals surface area (Å²) in [7, 11) is 1.56. The summed E-state index contributed by atoms with van der Waals surface area (Å²) in [5.41, 5.74) is 0.601. The second kappa shape index (κ2) is 4.39. The summed E-state index contributed by atoms with van der Waals surface area (Å²) in [6.45, 7) is 7.08. The standard InChI is InChI=1S/C21H32O3/c1-18-9-5-10-19(2,17(22)23-4)14(18)8-11-21-12-13(6-7-15(18)21)20(3)16(21)24-20/h13-16H,5-12H2,1-4H3/t13-,14+,15+,16+,18-,19-,20+,21-/m1/s1. The molecule has 2 bridgehead atoms. The second-order valence-electron chi connectivity index (χ2n) is 10.3. The molecule has 5 aliphatic rings. The lowest BCUT2D eigenvalue weighted by molar-refractivity contribution is -0.189. The maximum Gasteiger partial charge on any atom is 0.311 e. The van der Waals surface area contributed by atoms with Gasteiger partial charge in [-0.2, -0.15) is 0 Å². The minimum atomic E-state index is -0.285. The molecule has 0 aromatic heterocycles. The molecule has 0 radical (unpaired) electrons. The zero-order valence-electron chi connectivity index (χ0n) is 15.7. The normalized spacial score (nSPS) is 60.7. The monoisotopic (exact) mass is 332 g/mol. The molecule has 3 heteroatoms. The van der Waals surface area contributed by atoms with E-state index in [-0.39, 0.29) is 22.4 Å². The minimum Gasteiger partial charge on any atom is -0.469 e. The van der Waals surface area contributed by atoms with E-state index < -0.39 is 0 Å². The van der Waals surface area contributed by atoms with Gasteiger partial charge in [0.1, 0.15) is 0 Å². The van der Waals surface area contributed by atoms with Crippen molar-refractivity contribution in [2.75, 3.05) is 7.11 Å². The van der Waals surface area contributed by atoms with E-state index in [4.69, 9.17) is 9.47 Å². The average Bonchev–Trinajstić information content (AvgIpc) is 3.23. The van der Waals surface area contributed by atoms with Gasteiger partial charge in [0.05, 0.1) is 24.2 Å². The largest absolute Gasteiger partial charge is 0.469 e. The van der Waals surface area contributed by atoms with Crippen LogP contribution in [0.3, 0.4) is 0 Å². The maximum absolute atomic E-state index is 12.7. The van der Waals surface area contributed by atoms with Crippen molar-refractivity contribution in [1.29, 1.82) is 0 Å². The lowest BCUT2D eigenvalue weighted by atomic mass is 9.40. The van der Waals surface area contributed by atoms with Crippen LogP contribution in [0.4, 0.5) is 0 Å². The first-order valence-corrected chi connectivity index (χ1v) is 10.1. The fourth-order valence-electron chi connectivity index (χ4n) is 8.62. The molecule has 1 spiro atoms. The number of hydrogen-bond donors (Lipinski definition) is 0. The van der Waals surface area contributed by atoms with Gasteiger partial charge in [-0.3, -0.25) is 4.79 Å². The van der Waals surface area contributed by atoms with Gasteiger partial charge in [-0.05, 0) is 82.0 Å². The number of esters is 1. The van der Waals surface area contributed by atoms with Crippen molar-refractivity contribution in [1.82, 2.24) is 0 Å². The molecule has 1 aliphatic heterocycles. The Balaban J connectivity index is 1.56. The van der Waals surface area contributed by atoms with Crippen molar-refractivity contribution in [2.45, 2.75) is 83.8 Å². The molecule has 5 fully saturated rings. The van der Waals surface area contributed by atoms with Gasteiger partial charge < -0.3 is 9.47 Å². The van der Waals surface area contributed by atoms with Crippen molar-refractivity contribution < 1.29 is 14.3 Å². The third-order valence-corrected chi connectivity index (χ3v) is 9.62. The molecule has 24 heavy (non-hydrogen) atoms. The number of rotatable bonds is 1. The van der Waals surface area contributed by atoms with Crippen molar-refractivity contribution >= 4 is 5.97 Å². The van der Waals surface area contributed by atoms with Crippen molar-refractivity contribution in [3.63, 3.8) is 0 Å².